The summed E-state index contributed by atoms with van der Waals surface area (Å²) in [4.78, 5) is 12.6. The maximum absolute atomic E-state index is 13.2. The lowest BCUT2D eigenvalue weighted by Gasteiger charge is -2.14. The summed E-state index contributed by atoms with van der Waals surface area (Å²) in [6.07, 6.45) is -2.86. The molecule has 0 aliphatic rings. The summed E-state index contributed by atoms with van der Waals surface area (Å²) in [7, 11) is 0. The molecule has 10 heteroatoms. The van der Waals surface area contributed by atoms with Crippen LogP contribution in [0.15, 0.2) is 54.7 Å². The van der Waals surface area contributed by atoms with Crippen LogP contribution in [0.5, 0.6) is 0 Å². The highest BCUT2D eigenvalue weighted by atomic mass is 19.4. The van der Waals surface area contributed by atoms with E-state index in [9.17, 15) is 18.0 Å². The third-order valence-corrected chi connectivity index (χ3v) is 5.13. The Morgan fingerprint density at radius 3 is 2.58 bits per heavy atom. The molecule has 0 saturated carbocycles. The number of hydrogen-bond donors (Lipinski definition) is 3. The quantitative estimate of drug-likeness (QED) is 0.385. The van der Waals surface area contributed by atoms with E-state index in [0.29, 0.717) is 17.1 Å². The fourth-order valence-electron chi connectivity index (χ4n) is 3.36. The lowest BCUT2D eigenvalue weighted by Crippen LogP contribution is -2.29. The number of rotatable bonds is 4. The lowest BCUT2D eigenvalue weighted by atomic mass is 9.92. The number of hydrogen-bond acceptors (Lipinski definition) is 3. The van der Waals surface area contributed by atoms with Crippen LogP contribution < -0.4 is 10.6 Å². The molecular weight excluding hydrogens is 433 g/mol. The van der Waals surface area contributed by atoms with E-state index in [1.54, 1.807) is 30.5 Å². The molecule has 0 radical (unpaired) electrons. The van der Waals surface area contributed by atoms with Crippen molar-refractivity contribution in [2.24, 2.45) is 0 Å². The molecule has 0 unspecified atom stereocenters. The minimum atomic E-state index is -4.47. The van der Waals surface area contributed by atoms with Gasteiger partial charge in [-0.05, 0) is 36.4 Å². The summed E-state index contributed by atoms with van der Waals surface area (Å²) in [5.41, 5.74) is 1.78. The van der Waals surface area contributed by atoms with Gasteiger partial charge in [0, 0.05) is 10.8 Å². The Kier molecular flexibility index (Phi) is 5.61. The largest absolute Gasteiger partial charge is 0.416 e. The van der Waals surface area contributed by atoms with Gasteiger partial charge in [-0.1, -0.05) is 32.9 Å². The van der Waals surface area contributed by atoms with Crippen LogP contribution in [-0.4, -0.2) is 26.0 Å². The number of H-pyrrole nitrogens is 1. The molecular formula is C23H23F3N6O. The highest BCUT2D eigenvalue weighted by Gasteiger charge is 2.31. The van der Waals surface area contributed by atoms with E-state index in [1.165, 1.54) is 10.7 Å². The van der Waals surface area contributed by atoms with Crippen molar-refractivity contribution in [2.75, 3.05) is 5.32 Å². The molecule has 3 N–H and O–H groups in total. The number of carbonyl (C=O) groups is 1. The standard InChI is InChI=1S/C23H23F3N6O/c1-22(2,3)20-11-16(32(31-20)15-7-4-6-14(10-15)23(24,25)26)12-27-21(33)29-18-8-5-9-19-17(18)13-28-30-19/h4-11,13H,12H2,1-3H3,(H,28,30)(H2,27,29,33). The van der Waals surface area contributed by atoms with Crippen molar-refractivity contribution in [3.63, 3.8) is 0 Å². The Morgan fingerprint density at radius 1 is 1.09 bits per heavy atom. The van der Waals surface area contributed by atoms with Gasteiger partial charge in [0.15, 0.2) is 0 Å². The van der Waals surface area contributed by atoms with E-state index >= 15 is 0 Å². The predicted octanol–water partition coefficient (Wildman–Crippen LogP) is 5.39. The second-order valence-electron chi connectivity index (χ2n) is 8.68. The third kappa shape index (κ3) is 4.84. The molecule has 2 aromatic heterocycles. The van der Waals surface area contributed by atoms with Crippen LogP contribution >= 0.6 is 0 Å². The molecule has 33 heavy (non-hydrogen) atoms. The van der Waals surface area contributed by atoms with Crippen molar-refractivity contribution in [1.82, 2.24) is 25.3 Å². The van der Waals surface area contributed by atoms with Crippen molar-refractivity contribution in [2.45, 2.75) is 38.9 Å². The fourth-order valence-corrected chi connectivity index (χ4v) is 3.36. The zero-order valence-electron chi connectivity index (χ0n) is 18.3. The van der Waals surface area contributed by atoms with Crippen LogP contribution in [0.1, 0.15) is 37.7 Å². The number of anilines is 1. The molecule has 2 amide bonds. The average Bonchev–Trinajstić information content (AvgIpc) is 3.39. The fraction of sp³-hybridized carbons (Fsp3) is 0.261. The zero-order chi connectivity index (χ0) is 23.8. The third-order valence-electron chi connectivity index (χ3n) is 5.13. The van der Waals surface area contributed by atoms with Gasteiger partial charge < -0.3 is 10.6 Å². The summed E-state index contributed by atoms with van der Waals surface area (Å²) >= 11 is 0. The Balaban J connectivity index is 1.59. The van der Waals surface area contributed by atoms with Crippen molar-refractivity contribution < 1.29 is 18.0 Å². The number of aromatic amines is 1. The Bertz CT molecular complexity index is 1300. The second-order valence-corrected chi connectivity index (χ2v) is 8.68. The van der Waals surface area contributed by atoms with E-state index in [2.05, 4.69) is 25.9 Å². The molecule has 7 nitrogen and oxygen atoms in total. The van der Waals surface area contributed by atoms with Crippen LogP contribution in [0, 0.1) is 0 Å². The van der Waals surface area contributed by atoms with Crippen molar-refractivity contribution in [3.8, 4) is 5.69 Å². The van der Waals surface area contributed by atoms with Crippen molar-refractivity contribution in [3.05, 3.63) is 71.7 Å². The topological polar surface area (TPSA) is 87.6 Å². The van der Waals surface area contributed by atoms with Crippen LogP contribution in [0.2, 0.25) is 0 Å². The van der Waals surface area contributed by atoms with E-state index in [-0.39, 0.29) is 17.6 Å². The van der Waals surface area contributed by atoms with Crippen LogP contribution in [0.4, 0.5) is 23.7 Å². The molecule has 0 spiro atoms. The van der Waals surface area contributed by atoms with Crippen LogP contribution in [-0.2, 0) is 18.1 Å². The number of amides is 2. The van der Waals surface area contributed by atoms with Gasteiger partial charge in [-0.3, -0.25) is 5.10 Å². The van der Waals surface area contributed by atoms with Crippen molar-refractivity contribution >= 4 is 22.6 Å². The predicted molar refractivity (Wildman–Crippen MR) is 119 cm³/mol. The molecule has 172 valence electrons. The number of urea groups is 1. The normalized spacial score (nSPS) is 12.2. The van der Waals surface area contributed by atoms with Gasteiger partial charge in [0.1, 0.15) is 0 Å². The summed E-state index contributed by atoms with van der Waals surface area (Å²) in [6, 6.07) is 11.7. The van der Waals surface area contributed by atoms with Gasteiger partial charge >= 0.3 is 12.2 Å². The number of alkyl halides is 3. The van der Waals surface area contributed by atoms with Gasteiger partial charge in [-0.25, -0.2) is 9.48 Å². The summed E-state index contributed by atoms with van der Waals surface area (Å²) < 4.78 is 41.1. The number of carbonyl (C=O) groups excluding carboxylic acids is 1. The Hall–Kier alpha value is -3.82. The first-order valence-corrected chi connectivity index (χ1v) is 10.3. The zero-order valence-corrected chi connectivity index (χ0v) is 18.3. The minimum absolute atomic E-state index is 0.0620. The molecule has 2 aromatic carbocycles. The number of halogens is 3. The first-order valence-electron chi connectivity index (χ1n) is 10.3. The van der Waals surface area contributed by atoms with Gasteiger partial charge in [-0.2, -0.15) is 23.4 Å². The molecule has 0 atom stereocenters. The van der Waals surface area contributed by atoms with E-state index in [1.807, 2.05) is 26.8 Å². The molecule has 0 saturated heterocycles. The lowest BCUT2D eigenvalue weighted by molar-refractivity contribution is -0.137. The number of aromatic nitrogens is 4. The first kappa shape index (κ1) is 22.4. The van der Waals surface area contributed by atoms with E-state index in [4.69, 9.17) is 0 Å². The SMILES string of the molecule is CC(C)(C)c1cc(CNC(=O)Nc2cccc3[nH]ncc23)n(-c2cccc(C(F)(F)F)c2)n1. The second kappa shape index (κ2) is 8.27. The molecule has 0 bridgehead atoms. The smallest absolute Gasteiger partial charge is 0.332 e. The summed E-state index contributed by atoms with van der Waals surface area (Å²) in [6.45, 7) is 5.94. The Morgan fingerprint density at radius 2 is 1.85 bits per heavy atom. The molecule has 0 fully saturated rings. The number of benzene rings is 2. The van der Waals surface area contributed by atoms with Crippen LogP contribution in [0.3, 0.4) is 0 Å². The number of nitrogens with one attached hydrogen (secondary N) is 3. The van der Waals surface area contributed by atoms with Gasteiger partial charge in [0.05, 0.1) is 46.6 Å². The highest BCUT2D eigenvalue weighted by molar-refractivity contribution is 6.00. The summed E-state index contributed by atoms with van der Waals surface area (Å²) in [5, 5.41) is 17.6. The monoisotopic (exact) mass is 456 g/mol. The number of nitrogens with zero attached hydrogens (tertiary/aromatic N) is 3. The van der Waals surface area contributed by atoms with Gasteiger partial charge in [0.25, 0.3) is 0 Å². The molecule has 0 aliphatic carbocycles. The molecule has 4 rings (SSSR count). The Labute approximate surface area is 188 Å². The first-order chi connectivity index (χ1) is 15.5. The van der Waals surface area contributed by atoms with Crippen LogP contribution in [0.25, 0.3) is 16.6 Å². The summed E-state index contributed by atoms with van der Waals surface area (Å²) in [5.74, 6) is 0. The molecule has 0 aliphatic heterocycles. The molecule has 4 aromatic rings. The van der Waals surface area contributed by atoms with E-state index in [0.717, 1.165) is 23.0 Å². The highest BCUT2D eigenvalue weighted by Crippen LogP contribution is 2.31. The minimum Gasteiger partial charge on any atom is -0.332 e. The average molecular weight is 456 g/mol. The van der Waals surface area contributed by atoms with Gasteiger partial charge in [-0.15, -0.1) is 0 Å². The van der Waals surface area contributed by atoms with Crippen molar-refractivity contribution in [1.29, 1.82) is 0 Å². The van der Waals surface area contributed by atoms with E-state index < -0.39 is 17.8 Å². The number of fused-ring (bicyclic) bond motifs is 1. The van der Waals surface area contributed by atoms with Gasteiger partial charge in [0.2, 0.25) is 0 Å². The maximum atomic E-state index is 13.2. The molecule has 2 heterocycles. The maximum Gasteiger partial charge on any atom is 0.416 e.